The molecule has 0 heterocycles. The van der Waals surface area contributed by atoms with Crippen LogP contribution >= 0.6 is 0 Å². The van der Waals surface area contributed by atoms with Crippen LogP contribution in [0, 0.1) is 23.2 Å². The highest BCUT2D eigenvalue weighted by Crippen LogP contribution is 2.62. The first-order valence-corrected chi connectivity index (χ1v) is 6.51. The number of hydrogen-bond donors (Lipinski definition) is 0. The highest BCUT2D eigenvalue weighted by molar-refractivity contribution is 5.81. The Balaban J connectivity index is 2.39. The van der Waals surface area contributed by atoms with E-state index in [1.807, 2.05) is 0 Å². The number of Topliss-reactive ketones (excluding diaryl/α,β-unsaturated/α-hetero) is 1. The van der Waals surface area contributed by atoms with E-state index in [4.69, 9.17) is 4.74 Å². The van der Waals surface area contributed by atoms with Crippen molar-refractivity contribution < 1.29 is 9.53 Å². The molecule has 0 amide bonds. The molecule has 2 aliphatic rings. The minimum Gasteiger partial charge on any atom is -0.377 e. The molecule has 2 aliphatic carbocycles. The van der Waals surface area contributed by atoms with Crippen molar-refractivity contribution >= 4 is 5.78 Å². The summed E-state index contributed by atoms with van der Waals surface area (Å²) in [6.45, 7) is 10.5. The van der Waals surface area contributed by atoms with Crippen molar-refractivity contribution in [3.8, 4) is 0 Å². The Kier molecular flexibility index (Phi) is 2.97. The van der Waals surface area contributed by atoms with E-state index in [9.17, 15) is 4.79 Å². The first-order chi connectivity index (χ1) is 7.81. The summed E-state index contributed by atoms with van der Waals surface area (Å²) in [5.74, 6) is 1.52. The summed E-state index contributed by atoms with van der Waals surface area (Å²) in [6, 6.07) is 0. The summed E-state index contributed by atoms with van der Waals surface area (Å²) in [7, 11) is 1.79. The zero-order valence-corrected chi connectivity index (χ0v) is 11.8. The van der Waals surface area contributed by atoms with Crippen molar-refractivity contribution in [3.63, 3.8) is 0 Å². The van der Waals surface area contributed by atoms with Crippen LogP contribution < -0.4 is 0 Å². The number of carbonyl (C=O) groups is 1. The van der Waals surface area contributed by atoms with Crippen LogP contribution in [0.5, 0.6) is 0 Å². The normalized spacial score (nSPS) is 38.6. The topological polar surface area (TPSA) is 26.3 Å². The maximum Gasteiger partial charge on any atom is 0.134 e. The molecule has 4 atom stereocenters. The van der Waals surface area contributed by atoms with Crippen LogP contribution in [-0.4, -0.2) is 19.0 Å². The Hall–Kier alpha value is -0.630. The molecule has 2 heteroatoms. The number of ether oxygens (including phenoxy) is 1. The quantitative estimate of drug-likeness (QED) is 0.688. The molecule has 0 bridgehead atoms. The van der Waals surface area contributed by atoms with Gasteiger partial charge in [0.2, 0.25) is 0 Å². The van der Waals surface area contributed by atoms with Crippen LogP contribution in [0.3, 0.4) is 0 Å². The number of methoxy groups -OCH3 is 1. The Morgan fingerprint density at radius 2 is 1.88 bits per heavy atom. The van der Waals surface area contributed by atoms with Gasteiger partial charge in [0.25, 0.3) is 0 Å². The van der Waals surface area contributed by atoms with E-state index in [-0.39, 0.29) is 17.4 Å². The largest absolute Gasteiger partial charge is 0.377 e. The third-order valence-corrected chi connectivity index (χ3v) is 4.75. The molecule has 0 saturated heterocycles. The molecule has 4 unspecified atom stereocenters. The molecule has 0 aromatic rings. The standard InChI is InChI=1S/C15H24O2/c1-8(2)11-12-10(14(11)17-6)7-15(4,5)13(12)9(3)16/h10,12-14H,7H2,1-6H3. The second kappa shape index (κ2) is 3.94. The predicted octanol–water partition coefficient (Wildman–Crippen LogP) is 3.22. The maximum absolute atomic E-state index is 12.0. The Bertz CT molecular complexity index is 374. The number of fused-ring (bicyclic) bond motifs is 1. The monoisotopic (exact) mass is 236 g/mol. The van der Waals surface area contributed by atoms with Crippen LogP contribution in [0.1, 0.15) is 41.0 Å². The van der Waals surface area contributed by atoms with E-state index in [1.54, 1.807) is 14.0 Å². The average molecular weight is 236 g/mol. The van der Waals surface area contributed by atoms with E-state index < -0.39 is 0 Å². The van der Waals surface area contributed by atoms with Gasteiger partial charge < -0.3 is 4.74 Å². The third-order valence-electron chi connectivity index (χ3n) is 4.75. The average Bonchev–Trinajstić information content (AvgIpc) is 2.38. The summed E-state index contributed by atoms with van der Waals surface area (Å²) < 4.78 is 5.63. The van der Waals surface area contributed by atoms with E-state index in [0.29, 0.717) is 17.6 Å². The molecule has 0 aliphatic heterocycles. The van der Waals surface area contributed by atoms with Gasteiger partial charge in [-0.25, -0.2) is 0 Å². The molecule has 2 nitrogen and oxygen atoms in total. The van der Waals surface area contributed by atoms with E-state index in [2.05, 4.69) is 27.7 Å². The highest BCUT2D eigenvalue weighted by atomic mass is 16.5. The van der Waals surface area contributed by atoms with E-state index >= 15 is 0 Å². The van der Waals surface area contributed by atoms with E-state index in [1.165, 1.54) is 11.1 Å². The van der Waals surface area contributed by atoms with Gasteiger partial charge in [-0.2, -0.15) is 0 Å². The van der Waals surface area contributed by atoms with Gasteiger partial charge in [-0.3, -0.25) is 4.79 Å². The molecule has 2 saturated carbocycles. The van der Waals surface area contributed by atoms with Crippen molar-refractivity contribution in [2.45, 2.75) is 47.1 Å². The first-order valence-electron chi connectivity index (χ1n) is 6.51. The van der Waals surface area contributed by atoms with Crippen molar-refractivity contribution in [1.82, 2.24) is 0 Å². The van der Waals surface area contributed by atoms with Gasteiger partial charge in [-0.15, -0.1) is 0 Å². The second-order valence-corrected chi connectivity index (χ2v) is 6.58. The van der Waals surface area contributed by atoms with Gasteiger partial charge >= 0.3 is 0 Å². The zero-order chi connectivity index (χ0) is 13.0. The number of ketones is 1. The smallest absolute Gasteiger partial charge is 0.134 e. The molecule has 2 rings (SSSR count). The van der Waals surface area contributed by atoms with Crippen LogP contribution in [-0.2, 0) is 9.53 Å². The molecule has 0 radical (unpaired) electrons. The molecule has 96 valence electrons. The Morgan fingerprint density at radius 1 is 1.29 bits per heavy atom. The van der Waals surface area contributed by atoms with Gasteiger partial charge in [0.15, 0.2) is 0 Å². The maximum atomic E-state index is 12.0. The fourth-order valence-corrected chi connectivity index (χ4v) is 4.32. The number of allylic oxidation sites excluding steroid dienone is 1. The number of hydrogen-bond acceptors (Lipinski definition) is 2. The minimum atomic E-state index is 0.120. The number of rotatable bonds is 2. The highest BCUT2D eigenvalue weighted by Gasteiger charge is 2.61. The molecule has 0 aromatic carbocycles. The molecular formula is C15H24O2. The summed E-state index contributed by atoms with van der Waals surface area (Å²) >= 11 is 0. The molecule has 0 spiro atoms. The molecule has 2 fully saturated rings. The fourth-order valence-electron chi connectivity index (χ4n) is 4.32. The van der Waals surface area contributed by atoms with Crippen molar-refractivity contribution in [1.29, 1.82) is 0 Å². The van der Waals surface area contributed by atoms with Gasteiger partial charge in [-0.05, 0) is 50.0 Å². The molecule has 0 aromatic heterocycles. The number of carbonyl (C=O) groups excluding carboxylic acids is 1. The van der Waals surface area contributed by atoms with Crippen molar-refractivity contribution in [3.05, 3.63) is 11.1 Å². The lowest BCUT2D eigenvalue weighted by atomic mass is 9.63. The second-order valence-electron chi connectivity index (χ2n) is 6.58. The van der Waals surface area contributed by atoms with Gasteiger partial charge in [0.05, 0.1) is 6.10 Å². The Morgan fingerprint density at radius 3 is 2.29 bits per heavy atom. The summed E-state index contributed by atoms with van der Waals surface area (Å²) in [6.07, 6.45) is 1.37. The summed E-state index contributed by atoms with van der Waals surface area (Å²) in [5, 5.41) is 0. The Labute approximate surface area is 104 Å². The summed E-state index contributed by atoms with van der Waals surface area (Å²) in [5.41, 5.74) is 2.85. The minimum absolute atomic E-state index is 0.120. The lowest BCUT2D eigenvalue weighted by molar-refractivity contribution is -0.125. The third kappa shape index (κ3) is 1.69. The lowest BCUT2D eigenvalue weighted by Crippen LogP contribution is -2.46. The van der Waals surface area contributed by atoms with Crippen LogP contribution in [0.25, 0.3) is 0 Å². The fraction of sp³-hybridized carbons (Fsp3) is 0.800. The van der Waals surface area contributed by atoms with Crippen molar-refractivity contribution in [2.75, 3.05) is 7.11 Å². The predicted molar refractivity (Wildman–Crippen MR) is 68.7 cm³/mol. The van der Waals surface area contributed by atoms with E-state index in [0.717, 1.165) is 6.42 Å². The SMILES string of the molecule is COC1C(=C(C)C)C2C1CC(C)(C)C2C(C)=O. The van der Waals surface area contributed by atoms with Gasteiger partial charge in [0, 0.05) is 13.0 Å². The summed E-state index contributed by atoms with van der Waals surface area (Å²) in [4.78, 5) is 12.0. The van der Waals surface area contributed by atoms with Crippen LogP contribution in [0.2, 0.25) is 0 Å². The molecular weight excluding hydrogens is 212 g/mol. The molecule has 0 N–H and O–H groups in total. The van der Waals surface area contributed by atoms with Gasteiger partial charge in [-0.1, -0.05) is 19.4 Å². The van der Waals surface area contributed by atoms with Crippen LogP contribution in [0.15, 0.2) is 11.1 Å². The lowest BCUT2D eigenvalue weighted by Gasteiger charge is -2.45. The van der Waals surface area contributed by atoms with Crippen molar-refractivity contribution in [2.24, 2.45) is 23.2 Å². The first kappa shape index (κ1) is 12.8. The molecule has 17 heavy (non-hydrogen) atoms. The van der Waals surface area contributed by atoms with Gasteiger partial charge in [0.1, 0.15) is 5.78 Å². The zero-order valence-electron chi connectivity index (χ0n) is 11.8. The van der Waals surface area contributed by atoms with Crippen LogP contribution in [0.4, 0.5) is 0 Å².